The Bertz CT molecular complexity index is 899. The molecule has 3 aliphatic rings. The summed E-state index contributed by atoms with van der Waals surface area (Å²) in [5.74, 6) is -1.50. The van der Waals surface area contributed by atoms with Gasteiger partial charge in [0.25, 0.3) is 0 Å². The summed E-state index contributed by atoms with van der Waals surface area (Å²) in [6, 6.07) is 0.140. The predicted octanol–water partition coefficient (Wildman–Crippen LogP) is 3.21. The zero-order chi connectivity index (χ0) is 25.5. The predicted molar refractivity (Wildman–Crippen MR) is 134 cm³/mol. The second-order valence-corrected chi connectivity index (χ2v) is 10.6. The number of halogens is 2. The first-order valence-corrected chi connectivity index (χ1v) is 13.5. The second-order valence-electron chi connectivity index (χ2n) is 10.3. The molecule has 2 aliphatic heterocycles. The molecule has 0 radical (unpaired) electrons. The number of aromatic nitrogens is 2. The molecule has 2 amide bonds. The van der Waals surface area contributed by atoms with Crippen LogP contribution in [0.1, 0.15) is 64.2 Å². The first-order valence-electron chi connectivity index (χ1n) is 13.1. The van der Waals surface area contributed by atoms with E-state index in [0.717, 1.165) is 58.2 Å². The molecule has 10 nitrogen and oxygen atoms in total. The van der Waals surface area contributed by atoms with Gasteiger partial charge < -0.3 is 9.80 Å². The Kier molecular flexibility index (Phi) is 9.55. The van der Waals surface area contributed by atoms with Gasteiger partial charge in [-0.05, 0) is 62.7 Å². The summed E-state index contributed by atoms with van der Waals surface area (Å²) in [6.07, 6.45) is 10.6. The first kappa shape index (κ1) is 26.8. The second kappa shape index (κ2) is 12.8. The Morgan fingerprint density at radius 2 is 1.89 bits per heavy atom. The SMILES string of the molecule is O=CN(O)C[C@H](CC1CCCC1)C(=O)NNc1nc(Cl)nc(N2CCC[C@H]2CN2CCCCC2)c1F. The molecule has 200 valence electrons. The standard InChI is InChI=1S/C24H37ClFN7O3/c25-24-27-21(29-30-23(35)18(14-32(36)16-34)13-17-7-2-3-8-17)20(26)22(28-24)33-12-6-9-19(33)15-31-10-4-1-5-11-31/h16-19,36H,1-15H2,(H,30,35)(H,27,28,29)/t18-,19-/m0/s1. The van der Waals surface area contributed by atoms with Crippen LogP contribution in [0.3, 0.4) is 0 Å². The van der Waals surface area contributed by atoms with Crippen LogP contribution in [0.2, 0.25) is 5.28 Å². The summed E-state index contributed by atoms with van der Waals surface area (Å²) >= 11 is 6.16. The average molecular weight is 526 g/mol. The van der Waals surface area contributed by atoms with E-state index in [4.69, 9.17) is 11.6 Å². The van der Waals surface area contributed by atoms with Gasteiger partial charge >= 0.3 is 0 Å². The zero-order valence-electron chi connectivity index (χ0n) is 20.7. The van der Waals surface area contributed by atoms with Gasteiger partial charge in [0.2, 0.25) is 23.4 Å². The van der Waals surface area contributed by atoms with Gasteiger partial charge in [-0.3, -0.25) is 25.6 Å². The zero-order valence-corrected chi connectivity index (χ0v) is 21.4. The molecule has 0 bridgehead atoms. The van der Waals surface area contributed by atoms with E-state index in [9.17, 15) is 14.8 Å². The molecule has 36 heavy (non-hydrogen) atoms. The van der Waals surface area contributed by atoms with Gasteiger partial charge in [-0.25, -0.2) is 5.06 Å². The maximum absolute atomic E-state index is 15.6. The Balaban J connectivity index is 1.43. The van der Waals surface area contributed by atoms with Gasteiger partial charge in [0.1, 0.15) is 0 Å². The largest absolute Gasteiger partial charge is 0.350 e. The van der Waals surface area contributed by atoms with Crippen LogP contribution in [0.25, 0.3) is 0 Å². The lowest BCUT2D eigenvalue weighted by atomic mass is 9.92. The van der Waals surface area contributed by atoms with Crippen molar-refractivity contribution in [3.8, 4) is 0 Å². The van der Waals surface area contributed by atoms with Crippen molar-refractivity contribution in [2.24, 2.45) is 11.8 Å². The van der Waals surface area contributed by atoms with Crippen molar-refractivity contribution in [2.75, 3.05) is 43.0 Å². The molecule has 2 atom stereocenters. The molecule has 1 saturated carbocycles. The number of carbonyl (C=O) groups is 2. The van der Waals surface area contributed by atoms with Crippen LogP contribution < -0.4 is 15.8 Å². The van der Waals surface area contributed by atoms with Gasteiger partial charge in [0, 0.05) is 19.1 Å². The Morgan fingerprint density at radius 3 is 2.61 bits per heavy atom. The quantitative estimate of drug-likeness (QED) is 0.175. The number of piperidine rings is 1. The van der Waals surface area contributed by atoms with Crippen LogP contribution in [0.15, 0.2) is 0 Å². The number of hydroxylamine groups is 2. The lowest BCUT2D eigenvalue weighted by Crippen LogP contribution is -2.43. The molecular formula is C24H37ClFN7O3. The fourth-order valence-electron chi connectivity index (χ4n) is 5.83. The summed E-state index contributed by atoms with van der Waals surface area (Å²) in [7, 11) is 0. The molecule has 1 aromatic heterocycles. The van der Waals surface area contributed by atoms with E-state index in [1.807, 2.05) is 4.90 Å². The highest BCUT2D eigenvalue weighted by Crippen LogP contribution is 2.32. The third kappa shape index (κ3) is 6.95. The minimum atomic E-state index is -0.672. The van der Waals surface area contributed by atoms with Gasteiger partial charge in [-0.15, -0.1) is 0 Å². The number of rotatable bonds is 11. The van der Waals surface area contributed by atoms with Gasteiger partial charge in [0.05, 0.1) is 12.5 Å². The number of amides is 2. The third-order valence-corrected chi connectivity index (χ3v) is 7.84. The summed E-state index contributed by atoms with van der Waals surface area (Å²) in [5.41, 5.74) is 5.08. The Hall–Kier alpha value is -2.24. The van der Waals surface area contributed by atoms with Crippen molar-refractivity contribution >= 4 is 35.6 Å². The Morgan fingerprint density at radius 1 is 1.14 bits per heavy atom. The van der Waals surface area contributed by atoms with Crippen molar-refractivity contribution in [1.82, 2.24) is 25.4 Å². The van der Waals surface area contributed by atoms with Crippen molar-refractivity contribution in [3.05, 3.63) is 11.1 Å². The topological polar surface area (TPSA) is 114 Å². The summed E-state index contributed by atoms with van der Waals surface area (Å²) in [4.78, 5) is 36.4. The van der Waals surface area contributed by atoms with Crippen LogP contribution in [-0.4, -0.2) is 76.2 Å². The molecule has 1 aromatic rings. The number of hydrogen-bond acceptors (Lipinski definition) is 8. The minimum Gasteiger partial charge on any atom is -0.350 e. The Labute approximate surface area is 216 Å². The number of anilines is 2. The van der Waals surface area contributed by atoms with E-state index >= 15 is 4.39 Å². The van der Waals surface area contributed by atoms with E-state index in [2.05, 4.69) is 25.7 Å². The van der Waals surface area contributed by atoms with Crippen LogP contribution in [-0.2, 0) is 9.59 Å². The van der Waals surface area contributed by atoms with Crippen molar-refractivity contribution in [1.29, 1.82) is 0 Å². The fraction of sp³-hybridized carbons (Fsp3) is 0.750. The lowest BCUT2D eigenvalue weighted by Gasteiger charge is -2.33. The molecule has 12 heteroatoms. The summed E-state index contributed by atoms with van der Waals surface area (Å²) < 4.78 is 15.6. The highest BCUT2D eigenvalue weighted by molar-refractivity contribution is 6.28. The molecule has 2 saturated heterocycles. The molecule has 4 rings (SSSR count). The summed E-state index contributed by atoms with van der Waals surface area (Å²) in [5, 5.41) is 10.0. The van der Waals surface area contributed by atoms with Crippen LogP contribution in [0, 0.1) is 17.7 Å². The van der Waals surface area contributed by atoms with E-state index in [1.165, 1.54) is 19.3 Å². The highest BCUT2D eigenvalue weighted by atomic mass is 35.5. The number of likely N-dealkylation sites (tertiary alicyclic amines) is 1. The molecule has 3 fully saturated rings. The number of nitrogens with one attached hydrogen (secondary N) is 2. The third-order valence-electron chi connectivity index (χ3n) is 7.67. The lowest BCUT2D eigenvalue weighted by molar-refractivity contribution is -0.154. The normalized spacial score (nSPS) is 22.0. The van der Waals surface area contributed by atoms with Gasteiger partial charge in [-0.2, -0.15) is 14.4 Å². The molecule has 1 aliphatic carbocycles. The number of nitrogens with zero attached hydrogens (tertiary/aromatic N) is 5. The van der Waals surface area contributed by atoms with Crippen molar-refractivity contribution in [3.63, 3.8) is 0 Å². The average Bonchev–Trinajstić information content (AvgIpc) is 3.56. The molecule has 0 spiro atoms. The maximum Gasteiger partial charge on any atom is 0.243 e. The molecule has 0 aromatic carbocycles. The summed E-state index contributed by atoms with van der Waals surface area (Å²) in [6.45, 7) is 3.52. The molecule has 0 unspecified atom stereocenters. The van der Waals surface area contributed by atoms with E-state index < -0.39 is 17.6 Å². The van der Waals surface area contributed by atoms with Crippen molar-refractivity contribution < 1.29 is 19.2 Å². The van der Waals surface area contributed by atoms with Crippen molar-refractivity contribution in [2.45, 2.75) is 70.3 Å². The van der Waals surface area contributed by atoms with Crippen LogP contribution in [0.5, 0.6) is 0 Å². The first-order chi connectivity index (χ1) is 17.4. The molecular weight excluding hydrogens is 489 g/mol. The smallest absolute Gasteiger partial charge is 0.243 e. The number of carbonyl (C=O) groups excluding carboxylic acids is 2. The number of hydrazine groups is 1. The van der Waals surface area contributed by atoms with Crippen LogP contribution in [0.4, 0.5) is 16.0 Å². The molecule has 3 N–H and O–H groups in total. The van der Waals surface area contributed by atoms with Gasteiger partial charge in [-0.1, -0.05) is 32.1 Å². The highest BCUT2D eigenvalue weighted by Gasteiger charge is 2.32. The van der Waals surface area contributed by atoms with E-state index in [1.54, 1.807) is 0 Å². The van der Waals surface area contributed by atoms with Crippen LogP contribution >= 0.6 is 11.6 Å². The monoisotopic (exact) mass is 525 g/mol. The maximum atomic E-state index is 15.6. The van der Waals surface area contributed by atoms with Gasteiger partial charge in [0.15, 0.2) is 11.6 Å². The van der Waals surface area contributed by atoms with E-state index in [0.29, 0.717) is 23.9 Å². The molecule has 3 heterocycles. The minimum absolute atomic E-state index is 0.114. The fourth-order valence-corrected chi connectivity index (χ4v) is 6.00. The van der Waals surface area contributed by atoms with E-state index in [-0.39, 0.29) is 35.9 Å². The number of hydrogen-bond donors (Lipinski definition) is 3.